The van der Waals surface area contributed by atoms with Crippen molar-refractivity contribution >= 4 is 39.7 Å². The molecule has 0 spiro atoms. The lowest BCUT2D eigenvalue weighted by atomic mass is 9.95. The monoisotopic (exact) mass is 606 g/mol. The van der Waals surface area contributed by atoms with E-state index in [1.165, 1.54) is 11.8 Å². The largest absolute Gasteiger partial charge is 0.507 e. The van der Waals surface area contributed by atoms with Crippen LogP contribution in [0.2, 0.25) is 0 Å². The second-order valence-electron chi connectivity index (χ2n) is 10.7. The second-order valence-corrected chi connectivity index (χ2v) is 11.6. The van der Waals surface area contributed by atoms with E-state index in [1.807, 2.05) is 6.92 Å². The summed E-state index contributed by atoms with van der Waals surface area (Å²) in [5.41, 5.74) is 1.10. The molecule has 0 aliphatic carbocycles. The highest BCUT2D eigenvalue weighted by atomic mass is 32.1. The van der Waals surface area contributed by atoms with Gasteiger partial charge in [0.15, 0.2) is 33.9 Å². The number of carbonyl (C=O) groups excluding carboxylic acids is 3. The van der Waals surface area contributed by atoms with Gasteiger partial charge in [0.05, 0.1) is 35.4 Å². The predicted octanol–water partition coefficient (Wildman–Crippen LogP) is 5.88. The van der Waals surface area contributed by atoms with Gasteiger partial charge >= 0.3 is 5.91 Å². The molecular formula is C32H34N2O8S. The number of aliphatic hydroxyl groups is 1. The summed E-state index contributed by atoms with van der Waals surface area (Å²) in [7, 11) is 0. The second kappa shape index (κ2) is 12.5. The Morgan fingerprint density at radius 3 is 2.51 bits per heavy atom. The average Bonchev–Trinajstić information content (AvgIpc) is 3.49. The average molecular weight is 607 g/mol. The van der Waals surface area contributed by atoms with Crippen LogP contribution < -0.4 is 23.8 Å². The lowest BCUT2D eigenvalue weighted by Gasteiger charge is -2.24. The Hall–Kier alpha value is -4.38. The summed E-state index contributed by atoms with van der Waals surface area (Å²) in [5, 5.41) is 11.8. The van der Waals surface area contributed by atoms with Crippen LogP contribution in [0.3, 0.4) is 0 Å². The predicted molar refractivity (Wildman–Crippen MR) is 162 cm³/mol. The number of thiazole rings is 1. The lowest BCUT2D eigenvalue weighted by Crippen LogP contribution is -2.29. The number of amides is 1. The van der Waals surface area contributed by atoms with E-state index in [4.69, 9.17) is 18.9 Å². The number of rotatable bonds is 10. The Morgan fingerprint density at radius 1 is 1.09 bits per heavy atom. The Morgan fingerprint density at radius 2 is 1.84 bits per heavy atom. The molecule has 2 aliphatic heterocycles. The van der Waals surface area contributed by atoms with Crippen molar-refractivity contribution in [3.05, 3.63) is 63.7 Å². The number of hydrogen-bond donors (Lipinski definition) is 1. The highest BCUT2D eigenvalue weighted by Crippen LogP contribution is 2.46. The number of Topliss-reactive ketones (excluding diaryl/α,β-unsaturated/α-hetero) is 2. The van der Waals surface area contributed by atoms with E-state index in [1.54, 1.807) is 43.3 Å². The molecule has 10 nitrogen and oxygen atoms in total. The van der Waals surface area contributed by atoms with Crippen LogP contribution in [0.25, 0.3) is 5.76 Å². The van der Waals surface area contributed by atoms with Gasteiger partial charge in [0.25, 0.3) is 5.78 Å². The molecule has 1 fully saturated rings. The third-order valence-corrected chi connectivity index (χ3v) is 8.36. The van der Waals surface area contributed by atoms with E-state index in [0.717, 1.165) is 17.8 Å². The smallest absolute Gasteiger partial charge is 0.301 e. The molecule has 5 rings (SSSR count). The molecule has 2 aliphatic rings. The first-order chi connectivity index (χ1) is 20.6. The summed E-state index contributed by atoms with van der Waals surface area (Å²) < 4.78 is 23.2. The molecule has 2 aromatic carbocycles. The minimum Gasteiger partial charge on any atom is -0.507 e. The van der Waals surface area contributed by atoms with Crippen molar-refractivity contribution < 1.29 is 38.4 Å². The molecule has 0 saturated carbocycles. The standard InChI is InChI=1S/C32H34N2O8S/c1-6-39-24-15-20(7-9-22(24)40-12-11-17(2)3)27-26(28(36)21-8-10-23-25(16-21)42-14-13-41-23)29(37)31(38)34(27)32-33-18(4)30(43-32)19(5)35/h7-10,15-17,27,36H,6,11-14H2,1-5H3/b28-26+/t27-/m1/s1. The van der Waals surface area contributed by atoms with Crippen molar-refractivity contribution in [1.82, 2.24) is 4.98 Å². The number of anilines is 1. The highest BCUT2D eigenvalue weighted by Gasteiger charge is 2.48. The van der Waals surface area contributed by atoms with Crippen molar-refractivity contribution in [2.24, 2.45) is 5.92 Å². The first-order valence-electron chi connectivity index (χ1n) is 14.2. The minimum atomic E-state index is -1.07. The molecule has 43 heavy (non-hydrogen) atoms. The first-order valence-corrected chi connectivity index (χ1v) is 15.0. The van der Waals surface area contributed by atoms with Crippen LogP contribution in [0, 0.1) is 12.8 Å². The van der Waals surface area contributed by atoms with Crippen molar-refractivity contribution in [2.45, 2.75) is 47.1 Å². The Bertz CT molecular complexity index is 1610. The van der Waals surface area contributed by atoms with Gasteiger partial charge < -0.3 is 24.1 Å². The van der Waals surface area contributed by atoms with E-state index < -0.39 is 17.7 Å². The molecule has 11 heteroatoms. The molecule has 1 N–H and O–H groups in total. The van der Waals surface area contributed by atoms with E-state index in [-0.39, 0.29) is 27.8 Å². The number of carbonyl (C=O) groups is 3. The highest BCUT2D eigenvalue weighted by molar-refractivity contribution is 7.18. The van der Waals surface area contributed by atoms with Crippen molar-refractivity contribution in [3.8, 4) is 23.0 Å². The van der Waals surface area contributed by atoms with Crippen LogP contribution in [0.1, 0.15) is 66.7 Å². The Balaban J connectivity index is 1.66. The third-order valence-electron chi connectivity index (χ3n) is 7.11. The van der Waals surface area contributed by atoms with Crippen LogP contribution in [0.5, 0.6) is 23.0 Å². The van der Waals surface area contributed by atoms with Crippen LogP contribution in [0.15, 0.2) is 42.0 Å². The van der Waals surface area contributed by atoms with E-state index in [0.29, 0.717) is 71.5 Å². The molecule has 1 saturated heterocycles. The number of aryl methyl sites for hydroxylation is 1. The van der Waals surface area contributed by atoms with Gasteiger partial charge in [-0.05, 0) is 62.1 Å². The van der Waals surface area contributed by atoms with Crippen LogP contribution in [-0.2, 0) is 9.59 Å². The number of fused-ring (bicyclic) bond motifs is 1. The molecule has 0 bridgehead atoms. The van der Waals surface area contributed by atoms with Crippen molar-refractivity contribution in [1.29, 1.82) is 0 Å². The maximum Gasteiger partial charge on any atom is 0.301 e. The zero-order chi connectivity index (χ0) is 30.8. The summed E-state index contributed by atoms with van der Waals surface area (Å²) in [6, 6.07) is 8.94. The third kappa shape index (κ3) is 5.94. The summed E-state index contributed by atoms with van der Waals surface area (Å²) in [6.07, 6.45) is 0.852. The van der Waals surface area contributed by atoms with Gasteiger partial charge in [-0.1, -0.05) is 31.3 Å². The Labute approximate surface area is 253 Å². The summed E-state index contributed by atoms with van der Waals surface area (Å²) in [4.78, 5) is 45.7. The van der Waals surface area contributed by atoms with E-state index in [2.05, 4.69) is 18.8 Å². The number of ketones is 2. The van der Waals surface area contributed by atoms with Gasteiger partial charge in [-0.15, -0.1) is 0 Å². The van der Waals surface area contributed by atoms with E-state index in [9.17, 15) is 19.5 Å². The molecule has 3 aromatic rings. The topological polar surface area (TPSA) is 124 Å². The maximum atomic E-state index is 13.7. The van der Waals surface area contributed by atoms with E-state index >= 15 is 0 Å². The minimum absolute atomic E-state index is 0.130. The fourth-order valence-electron chi connectivity index (χ4n) is 4.99. The summed E-state index contributed by atoms with van der Waals surface area (Å²) in [5.74, 6) is 0.0241. The number of aromatic nitrogens is 1. The van der Waals surface area contributed by atoms with Gasteiger partial charge in [-0.25, -0.2) is 4.98 Å². The van der Waals surface area contributed by atoms with Crippen LogP contribution >= 0.6 is 11.3 Å². The zero-order valence-electron chi connectivity index (χ0n) is 24.8. The molecular weight excluding hydrogens is 572 g/mol. The molecule has 1 aromatic heterocycles. The molecule has 0 unspecified atom stereocenters. The fraction of sp³-hybridized carbons (Fsp3) is 0.375. The number of benzene rings is 2. The van der Waals surface area contributed by atoms with Crippen molar-refractivity contribution in [2.75, 3.05) is 31.3 Å². The quantitative estimate of drug-likeness (QED) is 0.130. The van der Waals surface area contributed by atoms with Gasteiger partial charge in [-0.3, -0.25) is 19.3 Å². The van der Waals surface area contributed by atoms with Gasteiger partial charge in [0.1, 0.15) is 19.0 Å². The first kappa shape index (κ1) is 30.1. The number of aliphatic hydroxyl groups excluding tert-OH is 1. The molecule has 1 amide bonds. The molecule has 1 atom stereocenters. The zero-order valence-corrected chi connectivity index (χ0v) is 25.6. The van der Waals surface area contributed by atoms with Gasteiger partial charge in [-0.2, -0.15) is 0 Å². The maximum absolute atomic E-state index is 13.7. The van der Waals surface area contributed by atoms with Gasteiger partial charge in [0, 0.05) is 12.5 Å². The summed E-state index contributed by atoms with van der Waals surface area (Å²) in [6.45, 7) is 10.8. The molecule has 3 heterocycles. The molecule has 226 valence electrons. The van der Waals surface area contributed by atoms with Crippen LogP contribution in [0.4, 0.5) is 5.13 Å². The Kier molecular flexibility index (Phi) is 8.72. The van der Waals surface area contributed by atoms with Gasteiger partial charge in [0.2, 0.25) is 0 Å². The lowest BCUT2D eigenvalue weighted by molar-refractivity contribution is -0.132. The molecule has 0 radical (unpaired) electrons. The SMILES string of the molecule is CCOc1cc([C@@H]2/C(=C(\O)c3ccc4c(c3)OCCO4)C(=O)C(=O)N2c2nc(C)c(C(C)=O)s2)ccc1OCCC(C)C. The van der Waals surface area contributed by atoms with Crippen LogP contribution in [-0.4, -0.2) is 54.0 Å². The number of hydrogen-bond acceptors (Lipinski definition) is 10. The number of ether oxygens (including phenoxy) is 4. The van der Waals surface area contributed by atoms with Crippen molar-refractivity contribution in [3.63, 3.8) is 0 Å². The normalized spacial score (nSPS) is 17.4. The number of nitrogens with zero attached hydrogens (tertiary/aromatic N) is 2. The summed E-state index contributed by atoms with van der Waals surface area (Å²) >= 11 is 1.02. The fourth-order valence-corrected chi connectivity index (χ4v) is 5.98.